The molecule has 1 heterocycles. The molecule has 1 N–H and O–H groups in total. The fourth-order valence-corrected chi connectivity index (χ4v) is 3.76. The van der Waals surface area contributed by atoms with Gasteiger partial charge >= 0.3 is 0 Å². The van der Waals surface area contributed by atoms with Crippen molar-refractivity contribution >= 4 is 68.3 Å². The summed E-state index contributed by atoms with van der Waals surface area (Å²) in [6, 6.07) is 12.7. The fraction of sp³-hybridized carbons (Fsp3) is 0.0909. The van der Waals surface area contributed by atoms with Crippen molar-refractivity contribution in [3.05, 3.63) is 73.8 Å². The van der Waals surface area contributed by atoms with Crippen LogP contribution in [-0.2, 0) is 4.79 Å². The molecule has 0 saturated carbocycles. The molecule has 0 fully saturated rings. The van der Waals surface area contributed by atoms with Gasteiger partial charge in [-0.15, -0.1) is 0 Å². The second-order valence-electron chi connectivity index (χ2n) is 6.51. The summed E-state index contributed by atoms with van der Waals surface area (Å²) >= 11 is 18.2. The standard InChI is InChI=1S/C22H14Cl3NO5/c1-29-18-9-19(16(25)8-15(18)24)30-10-20(27)26-11-5-6-12-17(7-11)31-22-13(21(12)28)3-2-4-14(22)23/h2-9H,10H2,1H3,(H,26,27). The third kappa shape index (κ3) is 4.28. The summed E-state index contributed by atoms with van der Waals surface area (Å²) in [5.74, 6) is 0.186. The molecule has 0 unspecified atom stereocenters. The maximum atomic E-state index is 12.7. The number of carbonyl (C=O) groups is 1. The van der Waals surface area contributed by atoms with Crippen LogP contribution < -0.4 is 20.2 Å². The van der Waals surface area contributed by atoms with Crippen LogP contribution >= 0.6 is 34.8 Å². The Balaban J connectivity index is 1.55. The first-order chi connectivity index (χ1) is 14.9. The van der Waals surface area contributed by atoms with Crippen molar-refractivity contribution in [2.75, 3.05) is 19.0 Å². The Kier molecular flexibility index (Phi) is 5.96. The molecule has 6 nitrogen and oxygen atoms in total. The van der Waals surface area contributed by atoms with Gasteiger partial charge in [-0.2, -0.15) is 0 Å². The molecule has 0 aliphatic rings. The van der Waals surface area contributed by atoms with Crippen LogP contribution in [0.5, 0.6) is 11.5 Å². The van der Waals surface area contributed by atoms with Crippen molar-refractivity contribution in [1.29, 1.82) is 0 Å². The highest BCUT2D eigenvalue weighted by Crippen LogP contribution is 2.35. The summed E-state index contributed by atoms with van der Waals surface area (Å²) in [7, 11) is 1.46. The number of carbonyl (C=O) groups excluding carboxylic acids is 1. The van der Waals surface area contributed by atoms with E-state index in [0.717, 1.165) is 0 Å². The van der Waals surface area contributed by atoms with Crippen molar-refractivity contribution in [1.82, 2.24) is 0 Å². The molecule has 4 rings (SSSR count). The molecule has 0 atom stereocenters. The predicted molar refractivity (Wildman–Crippen MR) is 122 cm³/mol. The van der Waals surface area contributed by atoms with Crippen molar-refractivity contribution in [2.24, 2.45) is 0 Å². The van der Waals surface area contributed by atoms with Crippen LogP contribution in [0.15, 0.2) is 57.7 Å². The molecule has 0 aliphatic carbocycles. The van der Waals surface area contributed by atoms with Crippen molar-refractivity contribution < 1.29 is 18.7 Å². The number of benzene rings is 3. The third-order valence-electron chi connectivity index (χ3n) is 4.50. The monoisotopic (exact) mass is 477 g/mol. The van der Waals surface area contributed by atoms with Crippen LogP contribution in [-0.4, -0.2) is 19.6 Å². The summed E-state index contributed by atoms with van der Waals surface area (Å²) < 4.78 is 16.4. The van der Waals surface area contributed by atoms with Gasteiger partial charge in [0.05, 0.1) is 33.0 Å². The predicted octanol–water partition coefficient (Wildman–Crippen LogP) is 5.93. The number of hydrogen-bond acceptors (Lipinski definition) is 5. The highest BCUT2D eigenvalue weighted by Gasteiger charge is 2.13. The number of ether oxygens (including phenoxy) is 2. The SMILES string of the molecule is COc1cc(OCC(=O)Nc2ccc3c(=O)c4cccc(Cl)c4oc3c2)c(Cl)cc1Cl. The molecule has 1 amide bonds. The van der Waals surface area contributed by atoms with Crippen molar-refractivity contribution in [2.45, 2.75) is 0 Å². The highest BCUT2D eigenvalue weighted by molar-refractivity contribution is 6.36. The average Bonchev–Trinajstić information content (AvgIpc) is 2.74. The van der Waals surface area contributed by atoms with E-state index in [1.165, 1.54) is 19.2 Å². The minimum atomic E-state index is -0.439. The van der Waals surface area contributed by atoms with Gasteiger partial charge in [-0.05, 0) is 30.3 Å². The molecule has 158 valence electrons. The lowest BCUT2D eigenvalue weighted by atomic mass is 10.1. The average molecular weight is 479 g/mol. The number of halogens is 3. The first-order valence-corrected chi connectivity index (χ1v) is 10.1. The van der Waals surface area contributed by atoms with Gasteiger partial charge in [0.1, 0.15) is 17.1 Å². The zero-order valence-corrected chi connectivity index (χ0v) is 18.3. The first-order valence-electron chi connectivity index (χ1n) is 8.98. The van der Waals surface area contributed by atoms with Gasteiger partial charge in [0, 0.05) is 17.8 Å². The normalized spacial score (nSPS) is 11.0. The molecule has 31 heavy (non-hydrogen) atoms. The van der Waals surface area contributed by atoms with E-state index in [0.29, 0.717) is 43.4 Å². The van der Waals surface area contributed by atoms with E-state index in [9.17, 15) is 9.59 Å². The minimum absolute atomic E-state index is 0.203. The quantitative estimate of drug-likeness (QED) is 0.360. The molecule has 0 saturated heterocycles. The highest BCUT2D eigenvalue weighted by atomic mass is 35.5. The van der Waals surface area contributed by atoms with Gasteiger partial charge in [0.25, 0.3) is 5.91 Å². The molecular weight excluding hydrogens is 465 g/mol. The largest absolute Gasteiger partial charge is 0.495 e. The summed E-state index contributed by atoms with van der Waals surface area (Å²) in [6.07, 6.45) is 0. The number of nitrogens with one attached hydrogen (secondary N) is 1. The molecule has 0 radical (unpaired) electrons. The summed E-state index contributed by atoms with van der Waals surface area (Å²) in [4.78, 5) is 25.0. The number of fused-ring (bicyclic) bond motifs is 2. The minimum Gasteiger partial charge on any atom is -0.495 e. The van der Waals surface area contributed by atoms with Gasteiger partial charge in [-0.25, -0.2) is 0 Å². The summed E-state index contributed by atoms with van der Waals surface area (Å²) in [6.45, 7) is -0.309. The van der Waals surface area contributed by atoms with E-state index in [1.54, 1.807) is 36.4 Å². The van der Waals surface area contributed by atoms with E-state index in [4.69, 9.17) is 48.7 Å². The summed E-state index contributed by atoms with van der Waals surface area (Å²) in [5.41, 5.74) is 0.816. The van der Waals surface area contributed by atoms with Gasteiger partial charge < -0.3 is 19.2 Å². The smallest absolute Gasteiger partial charge is 0.262 e. The van der Waals surface area contributed by atoms with E-state index < -0.39 is 5.91 Å². The van der Waals surface area contributed by atoms with Crippen LogP contribution in [0.25, 0.3) is 21.9 Å². The van der Waals surface area contributed by atoms with Crippen LogP contribution in [0.1, 0.15) is 0 Å². The van der Waals surface area contributed by atoms with Crippen molar-refractivity contribution in [3.8, 4) is 11.5 Å². The van der Waals surface area contributed by atoms with E-state index in [1.807, 2.05) is 0 Å². The zero-order valence-electron chi connectivity index (χ0n) is 16.0. The Morgan fingerprint density at radius 1 is 0.968 bits per heavy atom. The maximum Gasteiger partial charge on any atom is 0.262 e. The van der Waals surface area contributed by atoms with Gasteiger partial charge in [-0.1, -0.05) is 40.9 Å². The molecule has 1 aromatic heterocycles. The molecule has 0 spiro atoms. The van der Waals surface area contributed by atoms with Crippen LogP contribution in [0.4, 0.5) is 5.69 Å². The Morgan fingerprint density at radius 3 is 2.52 bits per heavy atom. The second-order valence-corrected chi connectivity index (χ2v) is 7.73. The number of amides is 1. The molecule has 0 bridgehead atoms. The lowest BCUT2D eigenvalue weighted by Gasteiger charge is -2.11. The number of hydrogen-bond donors (Lipinski definition) is 1. The molecule has 3 aromatic carbocycles. The van der Waals surface area contributed by atoms with Crippen molar-refractivity contribution in [3.63, 3.8) is 0 Å². The van der Waals surface area contributed by atoms with Gasteiger partial charge in [0.2, 0.25) is 5.43 Å². The lowest BCUT2D eigenvalue weighted by molar-refractivity contribution is -0.118. The maximum absolute atomic E-state index is 12.7. The van der Waals surface area contributed by atoms with E-state index >= 15 is 0 Å². The Bertz CT molecular complexity index is 1380. The van der Waals surface area contributed by atoms with E-state index in [2.05, 4.69) is 5.32 Å². The molecular formula is C22H14Cl3NO5. The number of rotatable bonds is 5. The number of methoxy groups -OCH3 is 1. The third-order valence-corrected chi connectivity index (χ3v) is 5.39. The fourth-order valence-electron chi connectivity index (χ4n) is 3.04. The van der Waals surface area contributed by atoms with Crippen LogP contribution in [0.2, 0.25) is 15.1 Å². The van der Waals surface area contributed by atoms with Gasteiger partial charge in [0.15, 0.2) is 12.2 Å². The lowest BCUT2D eigenvalue weighted by Crippen LogP contribution is -2.20. The zero-order chi connectivity index (χ0) is 22.1. The Hall–Kier alpha value is -2.93. The first kappa shape index (κ1) is 21.3. The topological polar surface area (TPSA) is 77.8 Å². The Morgan fingerprint density at radius 2 is 1.74 bits per heavy atom. The molecule has 0 aliphatic heterocycles. The molecule has 4 aromatic rings. The van der Waals surface area contributed by atoms with Crippen LogP contribution in [0, 0.1) is 0 Å². The number of para-hydroxylation sites is 1. The number of anilines is 1. The van der Waals surface area contributed by atoms with Crippen LogP contribution in [0.3, 0.4) is 0 Å². The van der Waals surface area contributed by atoms with Gasteiger partial charge in [-0.3, -0.25) is 9.59 Å². The molecule has 9 heteroatoms. The second kappa shape index (κ2) is 8.67. The summed E-state index contributed by atoms with van der Waals surface area (Å²) in [5, 5.41) is 4.36. The van der Waals surface area contributed by atoms with E-state index in [-0.39, 0.29) is 22.8 Å². The Labute approximate surface area is 191 Å².